The number of esters is 1. The van der Waals surface area contributed by atoms with Crippen molar-refractivity contribution >= 4 is 56.4 Å². The predicted molar refractivity (Wildman–Crippen MR) is 198 cm³/mol. The number of aromatic nitrogens is 1. The van der Waals surface area contributed by atoms with Crippen molar-refractivity contribution in [2.45, 2.75) is 97.0 Å². The SMILES string of the molecule is COc1ccc(CN(c2scnc2C(=O)OC(C)(C)C)S(=O)(=O)c2ccc(CC(=O)NNC(=NC(=O)OC(C)(C)C)NC(=O)OC(C)(C)C)c(F)c2)cc1. The lowest BCUT2D eigenvalue weighted by molar-refractivity contribution is -0.121. The van der Waals surface area contributed by atoms with Crippen molar-refractivity contribution in [2.75, 3.05) is 11.4 Å². The Labute approximate surface area is 317 Å². The van der Waals surface area contributed by atoms with Crippen molar-refractivity contribution in [2.24, 2.45) is 4.99 Å². The molecule has 294 valence electrons. The molecule has 0 fully saturated rings. The van der Waals surface area contributed by atoms with E-state index in [-0.39, 0.29) is 22.8 Å². The number of hydrogen-bond acceptors (Lipinski definition) is 12. The normalized spacial score (nSPS) is 12.3. The number of guanidine groups is 1. The van der Waals surface area contributed by atoms with E-state index in [4.69, 9.17) is 18.9 Å². The van der Waals surface area contributed by atoms with Crippen LogP contribution in [0, 0.1) is 5.82 Å². The monoisotopic (exact) mass is 792 g/mol. The fraction of sp³-hybridized carbons (Fsp3) is 0.429. The average molecular weight is 793 g/mol. The fourth-order valence-electron chi connectivity index (χ4n) is 4.21. The van der Waals surface area contributed by atoms with Crippen molar-refractivity contribution in [3.05, 3.63) is 70.6 Å². The molecule has 0 atom stereocenters. The number of hydrazine groups is 1. The van der Waals surface area contributed by atoms with Gasteiger partial charge in [0.05, 0.1) is 30.5 Å². The van der Waals surface area contributed by atoms with Gasteiger partial charge in [0.25, 0.3) is 10.0 Å². The van der Waals surface area contributed by atoms with E-state index in [9.17, 15) is 27.6 Å². The van der Waals surface area contributed by atoms with Gasteiger partial charge in [-0.3, -0.25) is 25.3 Å². The molecule has 0 aliphatic rings. The third kappa shape index (κ3) is 13.3. The number of aliphatic imine (C=N–C) groups is 1. The highest BCUT2D eigenvalue weighted by molar-refractivity contribution is 7.93. The number of ether oxygens (including phenoxy) is 4. The van der Waals surface area contributed by atoms with E-state index in [1.54, 1.807) is 86.6 Å². The zero-order chi connectivity index (χ0) is 40.6. The van der Waals surface area contributed by atoms with E-state index in [0.717, 1.165) is 33.8 Å². The highest BCUT2D eigenvalue weighted by atomic mass is 32.2. The second-order valence-electron chi connectivity index (χ2n) is 14.5. The molecule has 0 saturated carbocycles. The highest BCUT2D eigenvalue weighted by Crippen LogP contribution is 2.34. The van der Waals surface area contributed by atoms with Gasteiger partial charge in [-0.05, 0) is 97.7 Å². The molecule has 0 unspecified atom stereocenters. The van der Waals surface area contributed by atoms with Crippen LogP contribution in [0.25, 0.3) is 0 Å². The number of thiazole rings is 1. The van der Waals surface area contributed by atoms with Gasteiger partial charge < -0.3 is 18.9 Å². The molecule has 0 aliphatic carbocycles. The van der Waals surface area contributed by atoms with Gasteiger partial charge in [0.1, 0.15) is 33.4 Å². The number of hydrogen-bond donors (Lipinski definition) is 3. The maximum absolute atomic E-state index is 15.6. The zero-order valence-corrected chi connectivity index (χ0v) is 33.3. The molecule has 0 saturated heterocycles. The lowest BCUT2D eigenvalue weighted by atomic mass is 10.1. The number of halogens is 1. The van der Waals surface area contributed by atoms with Crippen LogP contribution in [0.5, 0.6) is 5.75 Å². The van der Waals surface area contributed by atoms with E-state index in [1.165, 1.54) is 12.6 Å². The number of nitrogens with one attached hydrogen (secondary N) is 3. The van der Waals surface area contributed by atoms with E-state index in [0.29, 0.717) is 11.3 Å². The largest absolute Gasteiger partial charge is 0.497 e. The van der Waals surface area contributed by atoms with Gasteiger partial charge in [-0.15, -0.1) is 16.3 Å². The molecule has 3 amide bonds. The van der Waals surface area contributed by atoms with Crippen LogP contribution in [0.3, 0.4) is 0 Å². The van der Waals surface area contributed by atoms with Crippen molar-refractivity contribution in [1.29, 1.82) is 0 Å². The molecule has 1 heterocycles. The van der Waals surface area contributed by atoms with Crippen molar-refractivity contribution in [1.82, 2.24) is 21.2 Å². The van der Waals surface area contributed by atoms with E-state index in [2.05, 4.69) is 26.1 Å². The van der Waals surface area contributed by atoms with Gasteiger partial charge in [-0.2, -0.15) is 0 Å². The fourth-order valence-corrected chi connectivity index (χ4v) is 6.70. The molecule has 19 heteroatoms. The van der Waals surface area contributed by atoms with E-state index < -0.39 is 74.0 Å². The van der Waals surface area contributed by atoms with Crippen LogP contribution in [-0.4, -0.2) is 67.3 Å². The Kier molecular flexibility index (Phi) is 13.8. The summed E-state index contributed by atoms with van der Waals surface area (Å²) in [5.74, 6) is -2.78. The predicted octanol–water partition coefficient (Wildman–Crippen LogP) is 5.62. The van der Waals surface area contributed by atoms with Crippen LogP contribution < -0.4 is 25.2 Å². The molecule has 16 nitrogen and oxygen atoms in total. The third-order valence-electron chi connectivity index (χ3n) is 6.35. The molecular weight excluding hydrogens is 748 g/mol. The van der Waals surface area contributed by atoms with Crippen LogP contribution in [-0.2, 0) is 42.0 Å². The molecule has 0 spiro atoms. The average Bonchev–Trinajstić information content (AvgIpc) is 3.51. The third-order valence-corrected chi connectivity index (χ3v) is 9.06. The number of amides is 3. The number of nitrogens with zero attached hydrogens (tertiary/aromatic N) is 3. The first-order valence-electron chi connectivity index (χ1n) is 16.3. The molecule has 3 rings (SSSR count). The smallest absolute Gasteiger partial charge is 0.437 e. The summed E-state index contributed by atoms with van der Waals surface area (Å²) >= 11 is 0.880. The summed E-state index contributed by atoms with van der Waals surface area (Å²) in [6, 6.07) is 9.52. The molecule has 0 aliphatic heterocycles. The van der Waals surface area contributed by atoms with Gasteiger partial charge in [0.2, 0.25) is 11.9 Å². The van der Waals surface area contributed by atoms with Gasteiger partial charge in [0.15, 0.2) is 5.69 Å². The van der Waals surface area contributed by atoms with Crippen molar-refractivity contribution in [3.63, 3.8) is 0 Å². The summed E-state index contributed by atoms with van der Waals surface area (Å²) in [4.78, 5) is 57.8. The van der Waals surface area contributed by atoms with Gasteiger partial charge in [0, 0.05) is 0 Å². The Morgan fingerprint density at radius 3 is 2.04 bits per heavy atom. The van der Waals surface area contributed by atoms with Crippen LogP contribution in [0.15, 0.2) is 57.9 Å². The Bertz CT molecular complexity index is 1980. The second-order valence-corrected chi connectivity index (χ2v) is 17.2. The molecule has 54 heavy (non-hydrogen) atoms. The summed E-state index contributed by atoms with van der Waals surface area (Å²) in [5, 5.41) is 2.13. The van der Waals surface area contributed by atoms with Crippen molar-refractivity contribution < 1.29 is 50.9 Å². The number of anilines is 1. The summed E-state index contributed by atoms with van der Waals surface area (Å²) in [5.41, 5.74) is 3.11. The van der Waals surface area contributed by atoms with Crippen LogP contribution >= 0.6 is 11.3 Å². The Balaban J connectivity index is 1.88. The van der Waals surface area contributed by atoms with Crippen LogP contribution in [0.4, 0.5) is 19.0 Å². The van der Waals surface area contributed by atoms with Crippen LogP contribution in [0.1, 0.15) is 83.9 Å². The molecule has 2 aromatic carbocycles. The maximum Gasteiger partial charge on any atom is 0.437 e. The Hall–Kier alpha value is -5.30. The summed E-state index contributed by atoms with van der Waals surface area (Å²) in [6.45, 7) is 14.3. The van der Waals surface area contributed by atoms with Crippen LogP contribution in [0.2, 0.25) is 0 Å². The lowest BCUT2D eigenvalue weighted by Gasteiger charge is -2.25. The topological polar surface area (TPSA) is 204 Å². The van der Waals surface area contributed by atoms with Gasteiger partial charge in [-0.1, -0.05) is 18.2 Å². The van der Waals surface area contributed by atoms with E-state index in [1.807, 2.05) is 0 Å². The maximum atomic E-state index is 15.6. The van der Waals surface area contributed by atoms with Gasteiger partial charge in [-0.25, -0.2) is 32.2 Å². The Morgan fingerprint density at radius 1 is 0.870 bits per heavy atom. The molecule has 3 N–H and O–H groups in total. The quantitative estimate of drug-likeness (QED) is 0.0795. The molecule has 1 aromatic heterocycles. The first kappa shape index (κ1) is 43.1. The minimum absolute atomic E-state index is 0.0566. The number of carbonyl (C=O) groups excluding carboxylic acids is 4. The molecular formula is C35H45FN6O10S2. The van der Waals surface area contributed by atoms with E-state index >= 15 is 4.39 Å². The number of benzene rings is 2. The molecule has 3 aromatic rings. The standard InChI is InChI=1S/C35H45FN6O10S2/c1-33(2,3)50-29(44)27-28(53-20-37-27)42(19-21-11-14-23(49-10)15-12-21)54(47,48)24-16-13-22(25(36)18-24)17-26(43)40-41-30(38-31(45)51-34(4,5)6)39-32(46)52-35(7,8)9/h11-16,18,20H,17,19H2,1-10H3,(H,40,43)(H2,38,39,41,45,46). The number of alkyl carbamates (subject to hydrolysis) is 1. The summed E-state index contributed by atoms with van der Waals surface area (Å²) in [6.07, 6.45) is -2.72. The number of sulfonamides is 1. The van der Waals surface area contributed by atoms with Crippen molar-refractivity contribution in [3.8, 4) is 5.75 Å². The summed E-state index contributed by atoms with van der Waals surface area (Å²) < 4.78 is 65.9. The number of methoxy groups -OCH3 is 1. The second kappa shape index (κ2) is 17.2. The number of rotatable bonds is 9. The minimum Gasteiger partial charge on any atom is -0.497 e. The summed E-state index contributed by atoms with van der Waals surface area (Å²) in [7, 11) is -3.09. The molecule has 0 bridgehead atoms. The first-order valence-corrected chi connectivity index (χ1v) is 18.7. The zero-order valence-electron chi connectivity index (χ0n) is 31.7. The first-order chi connectivity index (χ1) is 24.9. The number of carbonyl (C=O) groups is 4. The van der Waals surface area contributed by atoms with Gasteiger partial charge >= 0.3 is 18.2 Å². The lowest BCUT2D eigenvalue weighted by Crippen LogP contribution is -2.51. The molecule has 0 radical (unpaired) electrons. The Morgan fingerprint density at radius 2 is 1.48 bits per heavy atom. The minimum atomic E-state index is -4.58. The highest BCUT2D eigenvalue weighted by Gasteiger charge is 2.33.